The second-order valence-electron chi connectivity index (χ2n) is 8.44. The van der Waals surface area contributed by atoms with Gasteiger partial charge in [0.1, 0.15) is 5.75 Å². The minimum absolute atomic E-state index is 0. The Bertz CT molecular complexity index is 732. The first kappa shape index (κ1) is 21.9. The molecule has 0 spiro atoms. The molecule has 3 fully saturated rings. The van der Waals surface area contributed by atoms with Crippen LogP contribution in [-0.2, 0) is 15.0 Å². The van der Waals surface area contributed by atoms with Gasteiger partial charge in [0.2, 0.25) is 11.8 Å². The van der Waals surface area contributed by atoms with E-state index in [1.165, 1.54) is 0 Å². The average molecular weight is 422 g/mol. The SMILES string of the molecule is COc1ccccc1C1(C(=O)N2CCCC(CNC(=O)C3CCCN3)C2)CC1.Cl. The minimum Gasteiger partial charge on any atom is -0.496 e. The molecule has 2 amide bonds. The van der Waals surface area contributed by atoms with Crippen LogP contribution in [0.25, 0.3) is 0 Å². The Morgan fingerprint density at radius 1 is 1.24 bits per heavy atom. The molecule has 7 heteroatoms. The minimum atomic E-state index is -0.411. The third-order valence-electron chi connectivity index (χ3n) is 6.53. The number of para-hydroxylation sites is 1. The van der Waals surface area contributed by atoms with Crippen molar-refractivity contribution in [3.63, 3.8) is 0 Å². The van der Waals surface area contributed by atoms with Crippen LogP contribution in [0.1, 0.15) is 44.1 Å². The highest BCUT2D eigenvalue weighted by Crippen LogP contribution is 2.52. The lowest BCUT2D eigenvalue weighted by Crippen LogP contribution is -2.49. The van der Waals surface area contributed by atoms with Crippen molar-refractivity contribution in [1.29, 1.82) is 0 Å². The number of likely N-dealkylation sites (tertiary alicyclic amines) is 1. The van der Waals surface area contributed by atoms with Gasteiger partial charge in [0, 0.05) is 25.2 Å². The average Bonchev–Trinajstić information content (AvgIpc) is 3.36. The summed E-state index contributed by atoms with van der Waals surface area (Å²) in [6.07, 6.45) is 5.81. The van der Waals surface area contributed by atoms with E-state index >= 15 is 0 Å². The van der Waals surface area contributed by atoms with Gasteiger partial charge in [-0.05, 0) is 57.1 Å². The molecule has 1 aromatic carbocycles. The summed E-state index contributed by atoms with van der Waals surface area (Å²) in [5.41, 5.74) is 0.608. The number of hydrogen-bond acceptors (Lipinski definition) is 4. The van der Waals surface area contributed by atoms with E-state index < -0.39 is 5.41 Å². The third-order valence-corrected chi connectivity index (χ3v) is 6.53. The maximum absolute atomic E-state index is 13.4. The van der Waals surface area contributed by atoms with Crippen molar-refractivity contribution in [3.8, 4) is 5.75 Å². The van der Waals surface area contributed by atoms with Crippen LogP contribution in [-0.4, -0.2) is 56.0 Å². The summed E-state index contributed by atoms with van der Waals surface area (Å²) in [5.74, 6) is 1.47. The molecule has 6 nitrogen and oxygen atoms in total. The smallest absolute Gasteiger partial charge is 0.237 e. The van der Waals surface area contributed by atoms with Gasteiger partial charge in [-0.3, -0.25) is 9.59 Å². The van der Waals surface area contributed by atoms with E-state index in [2.05, 4.69) is 10.6 Å². The largest absolute Gasteiger partial charge is 0.496 e. The van der Waals surface area contributed by atoms with Gasteiger partial charge in [0.25, 0.3) is 0 Å². The van der Waals surface area contributed by atoms with E-state index in [1.54, 1.807) is 7.11 Å². The number of hydrogen-bond donors (Lipinski definition) is 2. The fourth-order valence-corrected chi connectivity index (χ4v) is 4.76. The molecular formula is C22H32ClN3O3. The van der Waals surface area contributed by atoms with Crippen LogP contribution in [0, 0.1) is 5.92 Å². The highest BCUT2D eigenvalue weighted by molar-refractivity contribution is 5.92. The normalized spacial score (nSPS) is 25.1. The van der Waals surface area contributed by atoms with E-state index in [9.17, 15) is 9.59 Å². The van der Waals surface area contributed by atoms with Crippen molar-refractivity contribution in [2.75, 3.05) is 33.3 Å². The van der Waals surface area contributed by atoms with Gasteiger partial charge in [-0.25, -0.2) is 0 Å². The van der Waals surface area contributed by atoms with Crippen molar-refractivity contribution in [2.45, 2.75) is 50.0 Å². The van der Waals surface area contributed by atoms with Gasteiger partial charge in [-0.1, -0.05) is 18.2 Å². The highest BCUT2D eigenvalue weighted by atomic mass is 35.5. The number of piperidine rings is 1. The van der Waals surface area contributed by atoms with Gasteiger partial charge in [-0.2, -0.15) is 0 Å². The van der Waals surface area contributed by atoms with E-state index in [1.807, 2.05) is 29.2 Å². The van der Waals surface area contributed by atoms with Crippen LogP contribution in [0.2, 0.25) is 0 Å². The van der Waals surface area contributed by atoms with Gasteiger partial charge in [0.05, 0.1) is 18.6 Å². The van der Waals surface area contributed by atoms with Crippen molar-refractivity contribution in [2.24, 2.45) is 5.92 Å². The second kappa shape index (κ2) is 9.35. The maximum atomic E-state index is 13.4. The maximum Gasteiger partial charge on any atom is 0.237 e. The Kier molecular flexibility index (Phi) is 7.06. The molecule has 160 valence electrons. The second-order valence-corrected chi connectivity index (χ2v) is 8.44. The van der Waals surface area contributed by atoms with E-state index in [-0.39, 0.29) is 30.3 Å². The van der Waals surface area contributed by atoms with Gasteiger partial charge in [-0.15, -0.1) is 12.4 Å². The van der Waals surface area contributed by atoms with Crippen molar-refractivity contribution in [1.82, 2.24) is 15.5 Å². The zero-order valence-corrected chi connectivity index (χ0v) is 17.9. The van der Waals surface area contributed by atoms with Crippen LogP contribution in [0.4, 0.5) is 0 Å². The molecule has 1 saturated carbocycles. The summed E-state index contributed by atoms with van der Waals surface area (Å²) < 4.78 is 5.52. The molecule has 0 radical (unpaired) electrons. The molecule has 1 aromatic rings. The number of nitrogens with one attached hydrogen (secondary N) is 2. The van der Waals surface area contributed by atoms with Crippen LogP contribution in [0.5, 0.6) is 5.75 Å². The summed E-state index contributed by atoms with van der Waals surface area (Å²) in [6, 6.07) is 7.86. The zero-order chi connectivity index (χ0) is 19.6. The Morgan fingerprint density at radius 3 is 2.72 bits per heavy atom. The summed E-state index contributed by atoms with van der Waals surface area (Å²) >= 11 is 0. The molecule has 2 aliphatic heterocycles. The van der Waals surface area contributed by atoms with Crippen molar-refractivity contribution < 1.29 is 14.3 Å². The molecule has 2 saturated heterocycles. The fraction of sp³-hybridized carbons (Fsp3) is 0.636. The number of amides is 2. The molecule has 0 bridgehead atoms. The molecule has 2 atom stereocenters. The van der Waals surface area contributed by atoms with Crippen LogP contribution in [0.3, 0.4) is 0 Å². The predicted molar refractivity (Wildman–Crippen MR) is 114 cm³/mol. The molecule has 4 rings (SSSR count). The number of benzene rings is 1. The fourth-order valence-electron chi connectivity index (χ4n) is 4.76. The Labute approximate surface area is 179 Å². The number of rotatable bonds is 6. The first-order valence-corrected chi connectivity index (χ1v) is 10.6. The highest BCUT2D eigenvalue weighted by Gasteiger charge is 2.54. The quantitative estimate of drug-likeness (QED) is 0.739. The number of methoxy groups -OCH3 is 1. The summed E-state index contributed by atoms with van der Waals surface area (Å²) in [6.45, 7) is 3.12. The van der Waals surface area contributed by atoms with Crippen molar-refractivity contribution >= 4 is 24.2 Å². The molecule has 2 unspecified atom stereocenters. The number of carbonyl (C=O) groups excluding carboxylic acids is 2. The van der Waals surface area contributed by atoms with Crippen LogP contribution < -0.4 is 15.4 Å². The Morgan fingerprint density at radius 2 is 2.03 bits per heavy atom. The molecule has 2 N–H and O–H groups in total. The number of halogens is 1. The topological polar surface area (TPSA) is 70.7 Å². The zero-order valence-electron chi connectivity index (χ0n) is 17.1. The Hall–Kier alpha value is -1.79. The molecule has 29 heavy (non-hydrogen) atoms. The van der Waals surface area contributed by atoms with Gasteiger partial charge in [0.15, 0.2) is 0 Å². The number of nitrogens with zero attached hydrogens (tertiary/aromatic N) is 1. The standard InChI is InChI=1S/C22H31N3O3.ClH/c1-28-19-9-3-2-7-17(19)22(10-11-22)21(27)25-13-5-6-16(15-25)14-24-20(26)18-8-4-12-23-18;/h2-3,7,9,16,18,23H,4-6,8,10-15H2,1H3,(H,24,26);1H. The lowest BCUT2D eigenvalue weighted by Gasteiger charge is -2.35. The molecular weight excluding hydrogens is 390 g/mol. The summed E-state index contributed by atoms with van der Waals surface area (Å²) in [4.78, 5) is 27.7. The summed E-state index contributed by atoms with van der Waals surface area (Å²) in [5, 5.41) is 6.34. The van der Waals surface area contributed by atoms with Crippen LogP contribution in [0.15, 0.2) is 24.3 Å². The van der Waals surface area contributed by atoms with E-state index in [0.717, 1.165) is 69.5 Å². The molecule has 0 aromatic heterocycles. The predicted octanol–water partition coefficient (Wildman–Crippen LogP) is 2.26. The van der Waals surface area contributed by atoms with Crippen LogP contribution >= 0.6 is 12.4 Å². The first-order chi connectivity index (χ1) is 13.6. The van der Waals surface area contributed by atoms with Gasteiger partial charge >= 0.3 is 0 Å². The first-order valence-electron chi connectivity index (χ1n) is 10.6. The summed E-state index contributed by atoms with van der Waals surface area (Å²) in [7, 11) is 1.66. The molecule has 1 aliphatic carbocycles. The number of ether oxygens (including phenoxy) is 1. The van der Waals surface area contributed by atoms with Crippen molar-refractivity contribution in [3.05, 3.63) is 29.8 Å². The van der Waals surface area contributed by atoms with E-state index in [0.29, 0.717) is 12.5 Å². The molecule has 2 heterocycles. The van der Waals surface area contributed by atoms with Gasteiger partial charge < -0.3 is 20.3 Å². The molecule has 3 aliphatic rings. The monoisotopic (exact) mass is 421 g/mol. The lowest BCUT2D eigenvalue weighted by atomic mass is 9.90. The lowest BCUT2D eigenvalue weighted by molar-refractivity contribution is -0.135. The Balaban J connectivity index is 0.00000240. The third kappa shape index (κ3) is 4.53. The van der Waals surface area contributed by atoms with E-state index in [4.69, 9.17) is 4.74 Å². The number of carbonyl (C=O) groups is 2.